The predicted molar refractivity (Wildman–Crippen MR) is 51.5 cm³/mol. The Labute approximate surface area is 103 Å². The first kappa shape index (κ1) is 14.1. The SMILES string of the molecule is O=c1[nH]c(C(F)(F)F)c(I)cc1OC(F)(F)F. The number of ether oxygens (including phenoxy) is 1. The van der Waals surface area contributed by atoms with Crippen LogP contribution in [0.1, 0.15) is 5.69 Å². The molecule has 0 aliphatic heterocycles. The van der Waals surface area contributed by atoms with Crippen LogP contribution < -0.4 is 10.3 Å². The first-order valence-electron chi connectivity index (χ1n) is 3.76. The second-order valence-electron chi connectivity index (χ2n) is 2.73. The Hall–Kier alpha value is -0.940. The molecule has 0 saturated carbocycles. The molecule has 17 heavy (non-hydrogen) atoms. The lowest BCUT2D eigenvalue weighted by Crippen LogP contribution is -2.25. The van der Waals surface area contributed by atoms with Crippen LogP contribution in [0, 0.1) is 3.57 Å². The van der Waals surface area contributed by atoms with Gasteiger partial charge in [0.05, 0.1) is 0 Å². The summed E-state index contributed by atoms with van der Waals surface area (Å²) in [5, 5.41) is 0. The maximum absolute atomic E-state index is 12.3. The van der Waals surface area contributed by atoms with Crippen LogP contribution in [0.15, 0.2) is 10.9 Å². The summed E-state index contributed by atoms with van der Waals surface area (Å²) in [6, 6.07) is 0.371. The van der Waals surface area contributed by atoms with Gasteiger partial charge in [-0.3, -0.25) is 4.79 Å². The highest BCUT2D eigenvalue weighted by molar-refractivity contribution is 14.1. The van der Waals surface area contributed by atoms with Crippen molar-refractivity contribution in [3.63, 3.8) is 0 Å². The summed E-state index contributed by atoms with van der Waals surface area (Å²) in [7, 11) is 0. The van der Waals surface area contributed by atoms with Gasteiger partial charge in [0.1, 0.15) is 5.69 Å². The highest BCUT2D eigenvalue weighted by Crippen LogP contribution is 2.32. The van der Waals surface area contributed by atoms with Gasteiger partial charge in [-0.25, -0.2) is 0 Å². The Morgan fingerprint density at radius 2 is 1.71 bits per heavy atom. The van der Waals surface area contributed by atoms with Gasteiger partial charge in [0, 0.05) is 9.64 Å². The summed E-state index contributed by atoms with van der Waals surface area (Å²) in [4.78, 5) is 12.2. The quantitative estimate of drug-likeness (QED) is 0.608. The van der Waals surface area contributed by atoms with E-state index in [2.05, 4.69) is 4.74 Å². The van der Waals surface area contributed by atoms with Gasteiger partial charge in [-0.2, -0.15) is 13.2 Å². The lowest BCUT2D eigenvalue weighted by atomic mass is 10.3. The van der Waals surface area contributed by atoms with Crippen molar-refractivity contribution in [2.75, 3.05) is 0 Å². The average molecular weight is 373 g/mol. The number of aromatic nitrogens is 1. The Kier molecular flexibility index (Phi) is 3.64. The van der Waals surface area contributed by atoms with Gasteiger partial charge in [0.15, 0.2) is 5.75 Å². The van der Waals surface area contributed by atoms with Gasteiger partial charge in [-0.05, 0) is 22.6 Å². The van der Waals surface area contributed by atoms with E-state index in [1.54, 1.807) is 0 Å². The number of halogens is 7. The fourth-order valence-electron chi connectivity index (χ4n) is 0.894. The Bertz CT molecular complexity index is 477. The van der Waals surface area contributed by atoms with Crippen molar-refractivity contribution in [2.24, 2.45) is 0 Å². The second kappa shape index (κ2) is 4.38. The van der Waals surface area contributed by atoms with E-state index in [-0.39, 0.29) is 0 Å². The third-order valence-corrected chi connectivity index (χ3v) is 2.32. The zero-order chi connectivity index (χ0) is 13.4. The molecule has 0 radical (unpaired) electrons. The summed E-state index contributed by atoms with van der Waals surface area (Å²) in [5.74, 6) is -1.24. The number of hydrogen-bond donors (Lipinski definition) is 1. The van der Waals surface area contributed by atoms with Gasteiger partial charge in [0.25, 0.3) is 5.56 Å². The largest absolute Gasteiger partial charge is 0.573 e. The number of rotatable bonds is 1. The number of nitrogens with one attached hydrogen (secondary N) is 1. The summed E-state index contributed by atoms with van der Waals surface area (Å²) >= 11 is 1.14. The molecule has 1 aromatic rings. The van der Waals surface area contributed by atoms with E-state index in [0.717, 1.165) is 22.6 Å². The molecule has 0 fully saturated rings. The molecule has 3 nitrogen and oxygen atoms in total. The lowest BCUT2D eigenvalue weighted by Gasteiger charge is -2.11. The fourth-order valence-corrected chi connectivity index (χ4v) is 1.62. The van der Waals surface area contributed by atoms with Crippen molar-refractivity contribution in [3.8, 4) is 5.75 Å². The van der Waals surface area contributed by atoms with E-state index < -0.39 is 33.1 Å². The van der Waals surface area contributed by atoms with E-state index in [9.17, 15) is 31.1 Å². The van der Waals surface area contributed by atoms with Crippen molar-refractivity contribution >= 4 is 22.6 Å². The molecule has 0 saturated heterocycles. The summed E-state index contributed by atoms with van der Waals surface area (Å²) in [6.07, 6.45) is -10.00. The molecule has 0 aromatic carbocycles. The van der Waals surface area contributed by atoms with Crippen molar-refractivity contribution in [1.29, 1.82) is 0 Å². The molecule has 1 aromatic heterocycles. The molecule has 0 amide bonds. The Morgan fingerprint density at radius 3 is 2.12 bits per heavy atom. The van der Waals surface area contributed by atoms with Crippen molar-refractivity contribution < 1.29 is 31.1 Å². The van der Waals surface area contributed by atoms with Gasteiger partial charge in [-0.15, -0.1) is 13.2 Å². The first-order valence-corrected chi connectivity index (χ1v) is 4.84. The molecule has 1 heterocycles. The number of aromatic amines is 1. The molecule has 0 spiro atoms. The van der Waals surface area contributed by atoms with Gasteiger partial charge >= 0.3 is 12.5 Å². The van der Waals surface area contributed by atoms with Gasteiger partial charge < -0.3 is 9.72 Å². The predicted octanol–water partition coefficient (Wildman–Crippen LogP) is 2.90. The van der Waals surface area contributed by atoms with Crippen LogP contribution in [0.25, 0.3) is 0 Å². The lowest BCUT2D eigenvalue weighted by molar-refractivity contribution is -0.275. The highest BCUT2D eigenvalue weighted by Gasteiger charge is 2.37. The van der Waals surface area contributed by atoms with Crippen LogP contribution in [0.3, 0.4) is 0 Å². The molecule has 0 atom stereocenters. The fraction of sp³-hybridized carbons (Fsp3) is 0.286. The zero-order valence-corrected chi connectivity index (χ0v) is 9.70. The van der Waals surface area contributed by atoms with Crippen LogP contribution in [0.5, 0.6) is 5.75 Å². The maximum Gasteiger partial charge on any atom is 0.573 e. The van der Waals surface area contributed by atoms with Gasteiger partial charge in [-0.1, -0.05) is 0 Å². The van der Waals surface area contributed by atoms with Crippen molar-refractivity contribution in [3.05, 3.63) is 25.7 Å². The molecular weight excluding hydrogens is 371 g/mol. The molecule has 1 rings (SSSR count). The number of H-pyrrole nitrogens is 1. The van der Waals surface area contributed by atoms with Crippen molar-refractivity contribution in [2.45, 2.75) is 12.5 Å². The number of alkyl halides is 6. The van der Waals surface area contributed by atoms with Crippen LogP contribution in [-0.2, 0) is 6.18 Å². The second-order valence-corrected chi connectivity index (χ2v) is 3.89. The molecule has 0 bridgehead atoms. The standard InChI is InChI=1S/C7H2F6INO2/c8-6(9,10)4-2(14)1-3(5(16)15-4)17-7(11,12)13/h1H,(H,15,16). The monoisotopic (exact) mass is 373 g/mol. The molecule has 0 unspecified atom stereocenters. The minimum Gasteiger partial charge on any atom is -0.400 e. The van der Waals surface area contributed by atoms with Crippen LogP contribution in [0.2, 0.25) is 0 Å². The Balaban J connectivity index is 3.25. The smallest absolute Gasteiger partial charge is 0.400 e. The summed E-state index contributed by atoms with van der Waals surface area (Å²) in [5.41, 5.74) is -3.02. The van der Waals surface area contributed by atoms with E-state index in [0.29, 0.717) is 6.07 Å². The topological polar surface area (TPSA) is 42.1 Å². The van der Waals surface area contributed by atoms with Crippen LogP contribution in [0.4, 0.5) is 26.3 Å². The summed E-state index contributed by atoms with van der Waals surface area (Å²) in [6.45, 7) is 0. The molecule has 1 N–H and O–H groups in total. The third kappa shape index (κ3) is 3.78. The maximum atomic E-state index is 12.3. The average Bonchev–Trinajstić information content (AvgIpc) is 2.06. The highest BCUT2D eigenvalue weighted by atomic mass is 127. The molecule has 96 valence electrons. The van der Waals surface area contributed by atoms with Gasteiger partial charge in [0.2, 0.25) is 0 Å². The third-order valence-electron chi connectivity index (χ3n) is 1.47. The minimum absolute atomic E-state index is 0.371. The summed E-state index contributed by atoms with van der Waals surface area (Å²) < 4.78 is 74.8. The zero-order valence-electron chi connectivity index (χ0n) is 7.54. The van der Waals surface area contributed by atoms with E-state index >= 15 is 0 Å². The van der Waals surface area contributed by atoms with Crippen LogP contribution >= 0.6 is 22.6 Å². The van der Waals surface area contributed by atoms with E-state index in [1.165, 1.54) is 4.98 Å². The normalized spacial score (nSPS) is 12.6. The number of hydrogen-bond acceptors (Lipinski definition) is 2. The molecule has 10 heteroatoms. The molecule has 0 aliphatic carbocycles. The Morgan fingerprint density at radius 1 is 1.18 bits per heavy atom. The molecular formula is C7H2F6INO2. The van der Waals surface area contributed by atoms with E-state index in [4.69, 9.17) is 0 Å². The van der Waals surface area contributed by atoms with Crippen molar-refractivity contribution in [1.82, 2.24) is 4.98 Å². The molecule has 0 aliphatic rings. The number of pyridine rings is 1. The van der Waals surface area contributed by atoms with E-state index in [1.807, 2.05) is 0 Å². The van der Waals surface area contributed by atoms with Crippen LogP contribution in [-0.4, -0.2) is 11.3 Å². The first-order chi connectivity index (χ1) is 7.50. The minimum atomic E-state index is -5.14.